The molecule has 4 aliphatic rings. The van der Waals surface area contributed by atoms with Gasteiger partial charge in [0, 0.05) is 5.41 Å². The largest absolute Gasteiger partial charge is 0.348 e. The second-order valence-electron chi connectivity index (χ2n) is 6.39. The summed E-state index contributed by atoms with van der Waals surface area (Å²) in [7, 11) is -2.96. The van der Waals surface area contributed by atoms with E-state index in [4.69, 9.17) is 4.74 Å². The smallest absolute Gasteiger partial charge is 0.188 e. The summed E-state index contributed by atoms with van der Waals surface area (Å²) in [5.74, 6) is 1.06. The molecule has 84 valence electrons. The zero-order valence-corrected chi connectivity index (χ0v) is 9.93. The molecular weight excluding hydrogens is 212 g/mol. The first-order valence-electron chi connectivity index (χ1n) is 5.75. The van der Waals surface area contributed by atoms with Crippen LogP contribution in [0.1, 0.15) is 33.1 Å². The number of fused-ring (bicyclic) bond motifs is 1. The maximum absolute atomic E-state index is 12.0. The van der Waals surface area contributed by atoms with Gasteiger partial charge in [0.15, 0.2) is 15.3 Å². The Morgan fingerprint density at radius 1 is 1.33 bits per heavy atom. The molecule has 2 bridgehead atoms. The van der Waals surface area contributed by atoms with Crippen molar-refractivity contribution in [3.8, 4) is 0 Å². The SMILES string of the molecule is CC1(C)C2CCC13CS(=O)(=O)C1OC13C2. The molecule has 2 aliphatic carbocycles. The van der Waals surface area contributed by atoms with Crippen LogP contribution in [0.2, 0.25) is 0 Å². The van der Waals surface area contributed by atoms with Gasteiger partial charge in [-0.1, -0.05) is 13.8 Å². The molecule has 2 aliphatic heterocycles. The first-order valence-corrected chi connectivity index (χ1v) is 7.47. The second-order valence-corrected chi connectivity index (χ2v) is 8.43. The molecule has 0 aromatic carbocycles. The van der Waals surface area contributed by atoms with Crippen LogP contribution < -0.4 is 0 Å². The summed E-state index contributed by atoms with van der Waals surface area (Å²) in [6.45, 7) is 4.50. The van der Waals surface area contributed by atoms with E-state index in [0.717, 1.165) is 12.8 Å². The van der Waals surface area contributed by atoms with Crippen molar-refractivity contribution in [1.82, 2.24) is 0 Å². The summed E-state index contributed by atoms with van der Waals surface area (Å²) in [5.41, 5.74) is -0.577. The van der Waals surface area contributed by atoms with Crippen LogP contribution in [0.15, 0.2) is 0 Å². The molecule has 4 unspecified atom stereocenters. The number of sulfone groups is 1. The Balaban J connectivity index is 1.99. The predicted molar refractivity (Wildman–Crippen MR) is 54.9 cm³/mol. The highest BCUT2D eigenvalue weighted by Crippen LogP contribution is 2.80. The summed E-state index contributed by atoms with van der Waals surface area (Å²) in [6.07, 6.45) is 3.24. The van der Waals surface area contributed by atoms with Crippen LogP contribution in [0.25, 0.3) is 0 Å². The quantitative estimate of drug-likeness (QED) is 0.588. The molecule has 4 heteroatoms. The van der Waals surface area contributed by atoms with E-state index in [1.807, 2.05) is 0 Å². The highest BCUT2D eigenvalue weighted by atomic mass is 32.2. The number of ether oxygens (including phenoxy) is 1. The standard InChI is InChI=1S/C11H16O3S/c1-9(2)7-3-4-10(9)6-15(12,13)8-11(10,5-7)14-8/h7-8H,3-6H2,1-2H3. The Labute approximate surface area is 90.1 Å². The van der Waals surface area contributed by atoms with Gasteiger partial charge in [-0.05, 0) is 30.6 Å². The van der Waals surface area contributed by atoms with Crippen molar-refractivity contribution in [2.75, 3.05) is 5.75 Å². The normalized spacial score (nSPS) is 61.5. The van der Waals surface area contributed by atoms with Gasteiger partial charge in [-0.2, -0.15) is 0 Å². The third kappa shape index (κ3) is 0.631. The van der Waals surface area contributed by atoms with Gasteiger partial charge in [0.2, 0.25) is 0 Å². The summed E-state index contributed by atoms with van der Waals surface area (Å²) in [4.78, 5) is 0. The lowest BCUT2D eigenvalue weighted by Gasteiger charge is -2.37. The highest BCUT2D eigenvalue weighted by molar-refractivity contribution is 7.92. The summed E-state index contributed by atoms with van der Waals surface area (Å²) in [6, 6.07) is 0. The van der Waals surface area contributed by atoms with Gasteiger partial charge in [-0.3, -0.25) is 0 Å². The topological polar surface area (TPSA) is 46.7 Å². The van der Waals surface area contributed by atoms with Crippen LogP contribution in [0.3, 0.4) is 0 Å². The van der Waals surface area contributed by atoms with Gasteiger partial charge in [0.25, 0.3) is 0 Å². The van der Waals surface area contributed by atoms with Gasteiger partial charge in [-0.25, -0.2) is 8.42 Å². The average molecular weight is 228 g/mol. The molecule has 2 heterocycles. The number of rotatable bonds is 0. The third-order valence-corrected chi connectivity index (χ3v) is 7.97. The van der Waals surface area contributed by atoms with Crippen molar-refractivity contribution < 1.29 is 13.2 Å². The Morgan fingerprint density at radius 2 is 2.07 bits per heavy atom. The molecule has 15 heavy (non-hydrogen) atoms. The van der Waals surface area contributed by atoms with Crippen molar-refractivity contribution in [3.63, 3.8) is 0 Å². The van der Waals surface area contributed by atoms with Crippen LogP contribution in [0.4, 0.5) is 0 Å². The summed E-state index contributed by atoms with van der Waals surface area (Å²) in [5, 5.41) is 0. The minimum atomic E-state index is -2.96. The lowest BCUT2D eigenvalue weighted by atomic mass is 9.66. The zero-order valence-electron chi connectivity index (χ0n) is 9.12. The van der Waals surface area contributed by atoms with E-state index in [0.29, 0.717) is 11.7 Å². The van der Waals surface area contributed by atoms with Crippen LogP contribution in [-0.2, 0) is 14.6 Å². The summed E-state index contributed by atoms with van der Waals surface area (Å²) >= 11 is 0. The maximum atomic E-state index is 12.0. The lowest BCUT2D eigenvalue weighted by Crippen LogP contribution is -2.41. The van der Waals surface area contributed by atoms with Crippen LogP contribution >= 0.6 is 0 Å². The number of hydrogen-bond acceptors (Lipinski definition) is 3. The van der Waals surface area contributed by atoms with Crippen molar-refractivity contribution in [2.24, 2.45) is 16.7 Å². The first kappa shape index (κ1) is 8.99. The minimum absolute atomic E-state index is 0.0475. The Bertz CT molecular complexity index is 466. The molecule has 4 atom stereocenters. The van der Waals surface area contributed by atoms with E-state index in [1.54, 1.807) is 0 Å². The molecule has 2 saturated carbocycles. The third-order valence-electron chi connectivity index (χ3n) is 5.95. The molecule has 3 nitrogen and oxygen atoms in total. The van der Waals surface area contributed by atoms with Crippen molar-refractivity contribution in [2.45, 2.75) is 44.1 Å². The van der Waals surface area contributed by atoms with Crippen LogP contribution in [0, 0.1) is 16.7 Å². The Hall–Kier alpha value is -0.0900. The second kappa shape index (κ2) is 1.90. The monoisotopic (exact) mass is 228 g/mol. The summed E-state index contributed by atoms with van der Waals surface area (Å²) < 4.78 is 29.6. The van der Waals surface area contributed by atoms with Crippen molar-refractivity contribution in [3.05, 3.63) is 0 Å². The lowest BCUT2D eigenvalue weighted by molar-refractivity contribution is 0.0734. The first-order chi connectivity index (χ1) is 6.86. The predicted octanol–water partition coefficient (Wildman–Crippen LogP) is 1.34. The Morgan fingerprint density at radius 3 is 2.60 bits per heavy atom. The van der Waals surface area contributed by atoms with Gasteiger partial charge < -0.3 is 4.74 Å². The molecule has 0 amide bonds. The molecular formula is C11H16O3S. The van der Waals surface area contributed by atoms with Gasteiger partial charge >= 0.3 is 0 Å². The maximum Gasteiger partial charge on any atom is 0.188 e. The molecule has 4 rings (SSSR count). The van der Waals surface area contributed by atoms with E-state index in [1.165, 1.54) is 6.42 Å². The molecule has 2 spiro atoms. The van der Waals surface area contributed by atoms with Crippen LogP contribution in [0.5, 0.6) is 0 Å². The Kier molecular flexibility index (Phi) is 1.14. The molecule has 2 saturated heterocycles. The molecule has 4 fully saturated rings. The molecule has 0 radical (unpaired) electrons. The van der Waals surface area contributed by atoms with Crippen molar-refractivity contribution in [1.29, 1.82) is 0 Å². The van der Waals surface area contributed by atoms with E-state index >= 15 is 0 Å². The van der Waals surface area contributed by atoms with Gasteiger partial charge in [0.05, 0.1) is 5.75 Å². The van der Waals surface area contributed by atoms with Crippen molar-refractivity contribution >= 4 is 9.84 Å². The molecule has 0 N–H and O–H groups in total. The number of hydrogen-bond donors (Lipinski definition) is 0. The van der Waals surface area contributed by atoms with Crippen LogP contribution in [-0.4, -0.2) is 25.2 Å². The minimum Gasteiger partial charge on any atom is -0.348 e. The van der Waals surface area contributed by atoms with E-state index < -0.39 is 15.3 Å². The van der Waals surface area contributed by atoms with E-state index in [-0.39, 0.29) is 16.4 Å². The van der Waals surface area contributed by atoms with E-state index in [2.05, 4.69) is 13.8 Å². The average Bonchev–Trinajstić information content (AvgIpc) is 2.70. The fourth-order valence-electron chi connectivity index (χ4n) is 4.97. The molecule has 0 aromatic rings. The van der Waals surface area contributed by atoms with Gasteiger partial charge in [-0.15, -0.1) is 0 Å². The zero-order chi connectivity index (χ0) is 10.7. The number of epoxide rings is 1. The fourth-order valence-corrected chi connectivity index (χ4v) is 7.79. The molecule has 0 aromatic heterocycles. The highest BCUT2D eigenvalue weighted by Gasteiger charge is 2.88. The van der Waals surface area contributed by atoms with Gasteiger partial charge in [0.1, 0.15) is 5.60 Å². The fraction of sp³-hybridized carbons (Fsp3) is 1.00. The van der Waals surface area contributed by atoms with E-state index in [9.17, 15) is 8.42 Å².